The SMILES string of the molecule is COCc1nc(-c2cn3c(n2)-c2ccc(-c4cnn(CC(C)(C)O)c4)cc2OCC3)n(C(C)C)n1. The van der Waals surface area contributed by atoms with Crippen molar-refractivity contribution < 1.29 is 14.6 Å². The third kappa shape index (κ3) is 4.71. The number of methoxy groups -OCH3 is 1. The van der Waals surface area contributed by atoms with Gasteiger partial charge in [0, 0.05) is 31.1 Å². The first-order valence-electron chi connectivity index (χ1n) is 11.8. The first-order chi connectivity index (χ1) is 16.7. The summed E-state index contributed by atoms with van der Waals surface area (Å²) in [6.45, 7) is 9.66. The molecule has 0 radical (unpaired) electrons. The third-order valence-corrected chi connectivity index (χ3v) is 5.77. The summed E-state index contributed by atoms with van der Waals surface area (Å²) < 4.78 is 17.1. The highest BCUT2D eigenvalue weighted by Crippen LogP contribution is 2.37. The molecule has 184 valence electrons. The van der Waals surface area contributed by atoms with Crippen molar-refractivity contribution >= 4 is 0 Å². The minimum atomic E-state index is -0.834. The van der Waals surface area contributed by atoms with E-state index >= 15 is 0 Å². The van der Waals surface area contributed by atoms with Crippen molar-refractivity contribution in [1.82, 2.24) is 34.1 Å². The van der Waals surface area contributed by atoms with Gasteiger partial charge in [-0.1, -0.05) is 6.07 Å². The second kappa shape index (κ2) is 8.94. The monoisotopic (exact) mass is 477 g/mol. The molecule has 10 heteroatoms. The average Bonchev–Trinajstić information content (AvgIpc) is 3.50. The molecule has 0 unspecified atom stereocenters. The summed E-state index contributed by atoms with van der Waals surface area (Å²) >= 11 is 0. The van der Waals surface area contributed by atoms with E-state index < -0.39 is 5.60 Å². The molecule has 0 saturated carbocycles. The number of hydrogen-bond donors (Lipinski definition) is 1. The molecule has 0 atom stereocenters. The van der Waals surface area contributed by atoms with Crippen molar-refractivity contribution in [3.05, 3.63) is 42.6 Å². The van der Waals surface area contributed by atoms with Crippen LogP contribution < -0.4 is 4.74 Å². The van der Waals surface area contributed by atoms with Gasteiger partial charge in [0.2, 0.25) is 0 Å². The maximum Gasteiger partial charge on any atom is 0.179 e. The van der Waals surface area contributed by atoms with Crippen molar-refractivity contribution in [3.8, 4) is 39.8 Å². The van der Waals surface area contributed by atoms with Crippen molar-refractivity contribution in [3.63, 3.8) is 0 Å². The van der Waals surface area contributed by atoms with E-state index in [9.17, 15) is 5.11 Å². The summed E-state index contributed by atoms with van der Waals surface area (Å²) in [4.78, 5) is 9.65. The number of aliphatic hydroxyl groups is 1. The second-order valence-corrected chi connectivity index (χ2v) is 9.76. The van der Waals surface area contributed by atoms with Gasteiger partial charge in [-0.2, -0.15) is 10.2 Å². The molecule has 0 amide bonds. The van der Waals surface area contributed by atoms with Gasteiger partial charge in [-0.15, -0.1) is 0 Å². The van der Waals surface area contributed by atoms with Gasteiger partial charge in [-0.3, -0.25) is 4.68 Å². The Kier molecular flexibility index (Phi) is 5.94. The Bertz CT molecular complexity index is 1340. The summed E-state index contributed by atoms with van der Waals surface area (Å²) in [5, 5.41) is 19.1. The Morgan fingerprint density at radius 2 is 1.97 bits per heavy atom. The Labute approximate surface area is 204 Å². The first kappa shape index (κ1) is 23.3. The molecular formula is C25H31N7O3. The number of rotatable bonds is 7. The van der Waals surface area contributed by atoms with E-state index in [1.165, 1.54) is 0 Å². The van der Waals surface area contributed by atoms with Crippen molar-refractivity contribution in [1.29, 1.82) is 0 Å². The van der Waals surface area contributed by atoms with Gasteiger partial charge in [0.25, 0.3) is 0 Å². The second-order valence-electron chi connectivity index (χ2n) is 9.76. The number of nitrogens with zero attached hydrogens (tertiary/aromatic N) is 7. The van der Waals surface area contributed by atoms with Crippen LogP contribution in [0.1, 0.15) is 39.6 Å². The van der Waals surface area contributed by atoms with Gasteiger partial charge in [-0.05, 0) is 45.4 Å². The first-order valence-corrected chi connectivity index (χ1v) is 11.8. The molecule has 1 aliphatic rings. The number of ether oxygens (including phenoxy) is 2. The van der Waals surface area contributed by atoms with E-state index in [1.54, 1.807) is 31.8 Å². The van der Waals surface area contributed by atoms with Crippen LogP contribution in [0, 0.1) is 0 Å². The van der Waals surface area contributed by atoms with E-state index in [-0.39, 0.29) is 6.04 Å². The number of benzene rings is 1. The summed E-state index contributed by atoms with van der Waals surface area (Å²) in [5.74, 6) is 2.98. The predicted molar refractivity (Wildman–Crippen MR) is 131 cm³/mol. The van der Waals surface area contributed by atoms with E-state index in [1.807, 2.05) is 35.3 Å². The molecule has 1 aromatic carbocycles. The lowest BCUT2D eigenvalue weighted by molar-refractivity contribution is 0.0577. The minimum Gasteiger partial charge on any atom is -0.491 e. The largest absolute Gasteiger partial charge is 0.491 e. The van der Waals surface area contributed by atoms with E-state index in [4.69, 9.17) is 14.5 Å². The standard InChI is InChI=1S/C25H31N7O3/c1-16(2)32-24(28-22(29-32)14-34-5)20-13-30-8-9-35-21-10-17(6-7-19(21)23(30)27-20)18-11-26-31(12-18)15-25(3,4)33/h6-7,10-13,16,33H,8-9,14-15H2,1-5H3. The fraction of sp³-hybridized carbons (Fsp3) is 0.440. The molecule has 5 rings (SSSR count). The molecule has 3 aromatic heterocycles. The molecule has 4 heterocycles. The summed E-state index contributed by atoms with van der Waals surface area (Å²) in [6.07, 6.45) is 5.76. The van der Waals surface area contributed by atoms with Crippen LogP contribution in [-0.2, 0) is 24.4 Å². The van der Waals surface area contributed by atoms with E-state index in [0.717, 1.165) is 39.8 Å². The molecule has 4 aromatic rings. The zero-order valence-electron chi connectivity index (χ0n) is 20.8. The third-order valence-electron chi connectivity index (χ3n) is 5.77. The van der Waals surface area contributed by atoms with Crippen LogP contribution in [-0.4, -0.2) is 58.5 Å². The highest BCUT2D eigenvalue weighted by molar-refractivity contribution is 5.74. The molecule has 0 saturated heterocycles. The van der Waals surface area contributed by atoms with Crippen molar-refractivity contribution in [2.75, 3.05) is 13.7 Å². The zero-order chi connectivity index (χ0) is 24.7. The molecule has 10 nitrogen and oxygen atoms in total. The molecule has 0 fully saturated rings. The van der Waals surface area contributed by atoms with Gasteiger partial charge in [0.05, 0.1) is 30.5 Å². The van der Waals surface area contributed by atoms with Gasteiger partial charge in [0.1, 0.15) is 30.5 Å². The van der Waals surface area contributed by atoms with E-state index in [0.29, 0.717) is 32.1 Å². The van der Waals surface area contributed by atoms with Gasteiger partial charge in [-0.25, -0.2) is 14.6 Å². The summed E-state index contributed by atoms with van der Waals surface area (Å²) in [6, 6.07) is 6.25. The van der Waals surface area contributed by atoms with Gasteiger partial charge < -0.3 is 19.1 Å². The molecule has 1 N–H and O–H groups in total. The number of aromatic nitrogens is 7. The lowest BCUT2D eigenvalue weighted by atomic mass is 10.1. The van der Waals surface area contributed by atoms with Crippen LogP contribution in [0.15, 0.2) is 36.8 Å². The Morgan fingerprint density at radius 1 is 1.14 bits per heavy atom. The maximum atomic E-state index is 10.1. The Balaban J connectivity index is 1.50. The molecule has 0 bridgehead atoms. The topological polar surface area (TPSA) is 105 Å². The van der Waals surface area contributed by atoms with Crippen LogP contribution in [0.25, 0.3) is 34.0 Å². The lowest BCUT2D eigenvalue weighted by Gasteiger charge is -2.16. The molecule has 35 heavy (non-hydrogen) atoms. The van der Waals surface area contributed by atoms with Gasteiger partial charge in [0.15, 0.2) is 11.6 Å². The Hall–Kier alpha value is -3.50. The lowest BCUT2D eigenvalue weighted by Crippen LogP contribution is -2.26. The average molecular weight is 478 g/mol. The van der Waals surface area contributed by atoms with E-state index in [2.05, 4.69) is 33.6 Å². The quantitative estimate of drug-likeness (QED) is 0.434. The Morgan fingerprint density at radius 3 is 2.71 bits per heavy atom. The molecular weight excluding hydrogens is 446 g/mol. The number of hydrogen-bond acceptors (Lipinski definition) is 7. The summed E-state index contributed by atoms with van der Waals surface area (Å²) in [7, 11) is 1.64. The molecule has 1 aliphatic heterocycles. The summed E-state index contributed by atoms with van der Waals surface area (Å²) in [5.41, 5.74) is 2.82. The van der Waals surface area contributed by atoms with Crippen molar-refractivity contribution in [2.45, 2.75) is 59.0 Å². The van der Waals surface area contributed by atoms with Crippen LogP contribution in [0.3, 0.4) is 0 Å². The number of imidazole rings is 1. The van der Waals surface area contributed by atoms with Crippen LogP contribution in [0.5, 0.6) is 5.75 Å². The molecule has 0 aliphatic carbocycles. The predicted octanol–water partition coefficient (Wildman–Crippen LogP) is 3.56. The van der Waals surface area contributed by atoms with Crippen molar-refractivity contribution in [2.24, 2.45) is 0 Å². The zero-order valence-corrected chi connectivity index (χ0v) is 20.8. The molecule has 0 spiro atoms. The van der Waals surface area contributed by atoms with Gasteiger partial charge >= 0.3 is 0 Å². The smallest absolute Gasteiger partial charge is 0.179 e. The highest BCUT2D eigenvalue weighted by Gasteiger charge is 2.23. The minimum absolute atomic E-state index is 0.139. The van der Waals surface area contributed by atoms with Crippen LogP contribution in [0.2, 0.25) is 0 Å². The number of fused-ring (bicyclic) bond motifs is 3. The normalized spacial score (nSPS) is 13.5. The van der Waals surface area contributed by atoms with Crippen LogP contribution >= 0.6 is 0 Å². The fourth-order valence-corrected chi connectivity index (χ4v) is 4.26. The van der Waals surface area contributed by atoms with Crippen LogP contribution in [0.4, 0.5) is 0 Å². The fourth-order valence-electron chi connectivity index (χ4n) is 4.26. The maximum absolute atomic E-state index is 10.1. The highest BCUT2D eigenvalue weighted by atomic mass is 16.5.